The number of fused-ring (bicyclic) bond motifs is 1. The molecule has 0 fully saturated rings. The van der Waals surface area contributed by atoms with E-state index in [1.54, 1.807) is 7.11 Å². The topological polar surface area (TPSA) is 84.5 Å². The zero-order chi connectivity index (χ0) is 24.4. The molecular formula is C27H36N4O3. The molecule has 1 heterocycles. The lowest BCUT2D eigenvalue weighted by atomic mass is 10.1. The van der Waals surface area contributed by atoms with Gasteiger partial charge in [-0.25, -0.2) is 9.78 Å². The standard InChI is InChI=1S/C27H36N4O3/c1-27(2,3)34-26(32)30-18-8-16-28-15-7-17-29-25-19-24(20-11-13-21(33-4)14-12-20)31-23-10-6-5-9-22(23)25/h5-6,9-14,19,28H,7-8,15-18H2,1-4H3,(H,29,31)(H,30,32). The van der Waals surface area contributed by atoms with E-state index in [1.807, 2.05) is 63.2 Å². The average Bonchev–Trinajstić information content (AvgIpc) is 2.81. The summed E-state index contributed by atoms with van der Waals surface area (Å²) in [7, 11) is 1.67. The van der Waals surface area contributed by atoms with Crippen LogP contribution in [-0.2, 0) is 4.74 Å². The largest absolute Gasteiger partial charge is 0.497 e. The fourth-order valence-electron chi connectivity index (χ4n) is 3.51. The monoisotopic (exact) mass is 464 g/mol. The van der Waals surface area contributed by atoms with Crippen LogP contribution in [0.5, 0.6) is 5.75 Å². The summed E-state index contributed by atoms with van der Waals surface area (Å²) in [4.78, 5) is 16.5. The van der Waals surface area contributed by atoms with Gasteiger partial charge in [-0.15, -0.1) is 0 Å². The first-order valence-electron chi connectivity index (χ1n) is 11.8. The van der Waals surface area contributed by atoms with Gasteiger partial charge in [0.2, 0.25) is 0 Å². The van der Waals surface area contributed by atoms with Crippen molar-refractivity contribution in [2.45, 2.75) is 39.2 Å². The third-order valence-electron chi connectivity index (χ3n) is 5.15. The number of alkyl carbamates (subject to hydrolysis) is 1. The molecular weight excluding hydrogens is 428 g/mol. The van der Waals surface area contributed by atoms with Gasteiger partial charge in [-0.1, -0.05) is 18.2 Å². The first-order valence-corrected chi connectivity index (χ1v) is 11.8. The van der Waals surface area contributed by atoms with Crippen molar-refractivity contribution in [3.63, 3.8) is 0 Å². The molecule has 0 unspecified atom stereocenters. The highest BCUT2D eigenvalue weighted by molar-refractivity contribution is 5.93. The number of aromatic nitrogens is 1. The van der Waals surface area contributed by atoms with Gasteiger partial charge >= 0.3 is 6.09 Å². The molecule has 0 spiro atoms. The minimum atomic E-state index is -0.467. The second kappa shape index (κ2) is 12.2. The molecule has 3 rings (SSSR count). The van der Waals surface area contributed by atoms with Crippen molar-refractivity contribution in [2.75, 3.05) is 38.6 Å². The Morgan fingerprint density at radius 3 is 2.35 bits per heavy atom. The second-order valence-electron chi connectivity index (χ2n) is 9.11. The van der Waals surface area contributed by atoms with Crippen LogP contribution in [0, 0.1) is 0 Å². The number of para-hydroxylation sites is 1. The van der Waals surface area contributed by atoms with E-state index in [-0.39, 0.29) is 6.09 Å². The first kappa shape index (κ1) is 25.3. The molecule has 0 saturated heterocycles. The van der Waals surface area contributed by atoms with Crippen LogP contribution in [0.1, 0.15) is 33.6 Å². The molecule has 1 aromatic heterocycles. The van der Waals surface area contributed by atoms with Crippen LogP contribution in [0.3, 0.4) is 0 Å². The van der Waals surface area contributed by atoms with Crippen LogP contribution in [0.15, 0.2) is 54.6 Å². The Morgan fingerprint density at radius 1 is 0.941 bits per heavy atom. The highest BCUT2D eigenvalue weighted by atomic mass is 16.6. The Bertz CT molecular complexity index is 1060. The smallest absolute Gasteiger partial charge is 0.407 e. The SMILES string of the molecule is COc1ccc(-c2cc(NCCCNCCCNC(=O)OC(C)(C)C)c3ccccc3n2)cc1. The molecule has 3 aromatic rings. The molecule has 7 heteroatoms. The number of carbonyl (C=O) groups excluding carboxylic acids is 1. The molecule has 3 N–H and O–H groups in total. The van der Waals surface area contributed by atoms with Crippen molar-refractivity contribution in [1.29, 1.82) is 0 Å². The molecule has 0 aliphatic heterocycles. The number of pyridine rings is 1. The van der Waals surface area contributed by atoms with Crippen LogP contribution in [0.25, 0.3) is 22.2 Å². The zero-order valence-corrected chi connectivity index (χ0v) is 20.6. The van der Waals surface area contributed by atoms with Crippen molar-refractivity contribution in [3.8, 4) is 17.0 Å². The van der Waals surface area contributed by atoms with E-state index in [0.29, 0.717) is 6.54 Å². The molecule has 0 radical (unpaired) electrons. The third-order valence-corrected chi connectivity index (χ3v) is 5.15. The van der Waals surface area contributed by atoms with E-state index >= 15 is 0 Å². The lowest BCUT2D eigenvalue weighted by Gasteiger charge is -2.19. The lowest BCUT2D eigenvalue weighted by molar-refractivity contribution is 0.0527. The van der Waals surface area contributed by atoms with Gasteiger partial charge < -0.3 is 25.4 Å². The number of hydrogen-bond acceptors (Lipinski definition) is 6. The fourth-order valence-corrected chi connectivity index (χ4v) is 3.51. The van der Waals surface area contributed by atoms with E-state index in [1.165, 1.54) is 0 Å². The summed E-state index contributed by atoms with van der Waals surface area (Å²) in [6, 6.07) is 18.3. The molecule has 0 atom stereocenters. The number of nitrogens with zero attached hydrogens (tertiary/aromatic N) is 1. The zero-order valence-electron chi connectivity index (χ0n) is 20.6. The molecule has 2 aromatic carbocycles. The molecule has 0 aliphatic rings. The Morgan fingerprint density at radius 2 is 1.65 bits per heavy atom. The maximum absolute atomic E-state index is 11.6. The van der Waals surface area contributed by atoms with E-state index < -0.39 is 5.60 Å². The summed E-state index contributed by atoms with van der Waals surface area (Å²) < 4.78 is 10.5. The molecule has 34 heavy (non-hydrogen) atoms. The fraction of sp³-hybridized carbons (Fsp3) is 0.407. The summed E-state index contributed by atoms with van der Waals surface area (Å²) in [5, 5.41) is 10.9. The van der Waals surface area contributed by atoms with E-state index in [2.05, 4.69) is 28.1 Å². The van der Waals surface area contributed by atoms with Gasteiger partial charge in [0.05, 0.1) is 18.3 Å². The van der Waals surface area contributed by atoms with Crippen molar-refractivity contribution < 1.29 is 14.3 Å². The molecule has 0 bridgehead atoms. The van der Waals surface area contributed by atoms with Crippen LogP contribution in [0.4, 0.5) is 10.5 Å². The number of nitrogens with one attached hydrogen (secondary N) is 3. The van der Waals surface area contributed by atoms with Crippen LogP contribution in [-0.4, -0.2) is 50.0 Å². The molecule has 0 saturated carbocycles. The van der Waals surface area contributed by atoms with E-state index in [4.69, 9.17) is 14.5 Å². The van der Waals surface area contributed by atoms with Gasteiger partial charge in [-0.2, -0.15) is 0 Å². The minimum Gasteiger partial charge on any atom is -0.497 e. The maximum Gasteiger partial charge on any atom is 0.407 e. The highest BCUT2D eigenvalue weighted by Gasteiger charge is 2.15. The van der Waals surface area contributed by atoms with Crippen LogP contribution in [0.2, 0.25) is 0 Å². The van der Waals surface area contributed by atoms with Crippen LogP contribution < -0.4 is 20.7 Å². The van der Waals surface area contributed by atoms with Gasteiger partial charge in [0, 0.05) is 29.7 Å². The summed E-state index contributed by atoms with van der Waals surface area (Å²) >= 11 is 0. The maximum atomic E-state index is 11.6. The number of amides is 1. The normalized spacial score (nSPS) is 11.3. The van der Waals surface area contributed by atoms with Crippen molar-refractivity contribution in [3.05, 3.63) is 54.6 Å². The molecule has 0 aliphatic carbocycles. The highest BCUT2D eigenvalue weighted by Crippen LogP contribution is 2.29. The van der Waals surface area contributed by atoms with Crippen molar-refractivity contribution in [2.24, 2.45) is 0 Å². The number of hydrogen-bond donors (Lipinski definition) is 3. The third kappa shape index (κ3) is 7.92. The number of ether oxygens (including phenoxy) is 2. The average molecular weight is 465 g/mol. The second-order valence-corrected chi connectivity index (χ2v) is 9.11. The summed E-state index contributed by atoms with van der Waals surface area (Å²) in [5.41, 5.74) is 3.56. The Labute approximate surface area is 202 Å². The Hall–Kier alpha value is -3.32. The van der Waals surface area contributed by atoms with Gasteiger partial charge in [0.15, 0.2) is 0 Å². The lowest BCUT2D eigenvalue weighted by Crippen LogP contribution is -2.34. The Kier molecular flexibility index (Phi) is 9.10. The predicted octanol–water partition coefficient (Wildman–Crippen LogP) is 5.22. The van der Waals surface area contributed by atoms with Gasteiger partial charge in [0.25, 0.3) is 0 Å². The van der Waals surface area contributed by atoms with E-state index in [0.717, 1.165) is 66.1 Å². The number of methoxy groups -OCH3 is 1. The number of anilines is 1. The summed E-state index contributed by atoms with van der Waals surface area (Å²) in [6.45, 7) is 8.75. The predicted molar refractivity (Wildman–Crippen MR) is 139 cm³/mol. The van der Waals surface area contributed by atoms with Gasteiger partial charge in [-0.05, 0) is 83.1 Å². The van der Waals surface area contributed by atoms with Crippen molar-refractivity contribution >= 4 is 22.7 Å². The summed E-state index contributed by atoms with van der Waals surface area (Å²) in [5.74, 6) is 0.830. The van der Waals surface area contributed by atoms with E-state index in [9.17, 15) is 4.79 Å². The number of benzene rings is 2. The number of rotatable bonds is 11. The quantitative estimate of drug-likeness (QED) is 0.338. The Balaban J connectivity index is 1.45. The van der Waals surface area contributed by atoms with Gasteiger partial charge in [-0.3, -0.25) is 0 Å². The molecule has 1 amide bonds. The first-order chi connectivity index (χ1) is 16.4. The molecule has 182 valence electrons. The summed E-state index contributed by atoms with van der Waals surface area (Å²) in [6.07, 6.45) is 1.47. The van der Waals surface area contributed by atoms with Crippen molar-refractivity contribution in [1.82, 2.24) is 15.6 Å². The molecule has 7 nitrogen and oxygen atoms in total. The minimum absolute atomic E-state index is 0.365. The van der Waals surface area contributed by atoms with Crippen LogP contribution >= 0.6 is 0 Å². The van der Waals surface area contributed by atoms with Gasteiger partial charge in [0.1, 0.15) is 11.4 Å². The number of carbonyl (C=O) groups is 1.